The molecular weight excluding hydrogens is 367 g/mol. The third-order valence-electron chi connectivity index (χ3n) is 5.14. The van der Waals surface area contributed by atoms with Gasteiger partial charge in [-0.15, -0.1) is 0 Å². The van der Waals surface area contributed by atoms with Gasteiger partial charge in [-0.05, 0) is 25.1 Å². The quantitative estimate of drug-likeness (QED) is 0.850. The second-order valence-corrected chi connectivity index (χ2v) is 7.06. The number of nitrogens with zero attached hydrogens (tertiary/aromatic N) is 2. The predicted molar refractivity (Wildman–Crippen MR) is 102 cm³/mol. The molecule has 28 heavy (non-hydrogen) atoms. The van der Waals surface area contributed by atoms with E-state index in [9.17, 15) is 18.0 Å². The van der Waals surface area contributed by atoms with Crippen LogP contribution in [0.2, 0.25) is 0 Å². The monoisotopic (exact) mass is 392 g/mol. The van der Waals surface area contributed by atoms with Gasteiger partial charge in [-0.25, -0.2) is 0 Å². The summed E-state index contributed by atoms with van der Waals surface area (Å²) in [6.45, 7) is 4.52. The van der Waals surface area contributed by atoms with E-state index in [-0.39, 0.29) is 11.9 Å². The predicted octanol–water partition coefficient (Wildman–Crippen LogP) is 2.68. The van der Waals surface area contributed by atoms with Crippen molar-refractivity contribution >= 4 is 11.6 Å². The summed E-state index contributed by atoms with van der Waals surface area (Å²) in [5, 5.41) is 2.01. The van der Waals surface area contributed by atoms with Crippen molar-refractivity contribution in [3.05, 3.63) is 65.7 Å². The molecular formula is C21H25F3N3O+. The van der Waals surface area contributed by atoms with Gasteiger partial charge < -0.3 is 15.1 Å². The Labute approximate surface area is 162 Å². The van der Waals surface area contributed by atoms with Crippen LogP contribution < -0.4 is 10.2 Å². The second-order valence-electron chi connectivity index (χ2n) is 7.06. The van der Waals surface area contributed by atoms with Gasteiger partial charge in [0.15, 0.2) is 6.54 Å². The third-order valence-corrected chi connectivity index (χ3v) is 5.14. The fourth-order valence-corrected chi connectivity index (χ4v) is 3.39. The number of halogens is 3. The molecule has 1 aliphatic heterocycles. The minimum atomic E-state index is -4.35. The average Bonchev–Trinajstić information content (AvgIpc) is 2.72. The maximum Gasteiger partial charge on any atom is 0.416 e. The Balaban J connectivity index is 1.50. The second kappa shape index (κ2) is 8.65. The van der Waals surface area contributed by atoms with Crippen molar-refractivity contribution in [2.75, 3.05) is 37.6 Å². The molecule has 0 radical (unpaired) electrons. The molecule has 150 valence electrons. The fourth-order valence-electron chi connectivity index (χ4n) is 3.39. The summed E-state index contributed by atoms with van der Waals surface area (Å²) >= 11 is 0. The molecule has 1 saturated heterocycles. The number of amides is 1. The first-order valence-corrected chi connectivity index (χ1v) is 9.43. The van der Waals surface area contributed by atoms with Crippen LogP contribution in [-0.2, 0) is 11.0 Å². The lowest BCUT2D eigenvalue weighted by Gasteiger charge is -2.36. The molecule has 2 N–H and O–H groups in total. The Morgan fingerprint density at radius 2 is 1.71 bits per heavy atom. The van der Waals surface area contributed by atoms with Crippen LogP contribution in [0.3, 0.4) is 0 Å². The van der Waals surface area contributed by atoms with Crippen LogP contribution in [0, 0.1) is 0 Å². The highest BCUT2D eigenvalue weighted by atomic mass is 19.4. The van der Waals surface area contributed by atoms with E-state index in [1.807, 2.05) is 40.5 Å². The first kappa shape index (κ1) is 20.2. The zero-order chi connectivity index (χ0) is 20.1. The first-order valence-electron chi connectivity index (χ1n) is 9.43. The number of piperazine rings is 1. The van der Waals surface area contributed by atoms with Gasteiger partial charge in [-0.1, -0.05) is 36.4 Å². The maximum absolute atomic E-state index is 12.9. The molecule has 1 fully saturated rings. The molecule has 3 rings (SSSR count). The van der Waals surface area contributed by atoms with Gasteiger partial charge in [0.2, 0.25) is 0 Å². The molecule has 0 saturated carbocycles. The average molecular weight is 392 g/mol. The van der Waals surface area contributed by atoms with Gasteiger partial charge in [0.05, 0.1) is 5.56 Å². The summed E-state index contributed by atoms with van der Waals surface area (Å²) in [7, 11) is 0. The molecule has 0 bridgehead atoms. The number of quaternary nitrogens is 1. The van der Waals surface area contributed by atoms with Crippen LogP contribution in [0.25, 0.3) is 0 Å². The number of anilines is 1. The van der Waals surface area contributed by atoms with E-state index in [1.165, 1.54) is 17.7 Å². The van der Waals surface area contributed by atoms with Gasteiger partial charge >= 0.3 is 6.18 Å². The molecule has 1 aliphatic rings. The Kier molecular flexibility index (Phi) is 6.24. The third kappa shape index (κ3) is 5.04. The molecule has 2 aromatic rings. The normalized spacial score (nSPS) is 16.1. The van der Waals surface area contributed by atoms with Gasteiger partial charge in [0.25, 0.3) is 5.91 Å². The van der Waals surface area contributed by atoms with Gasteiger partial charge in [0.1, 0.15) is 6.04 Å². The number of carbonyl (C=O) groups is 1. The number of carbonyl (C=O) groups excluding carboxylic acids is 1. The summed E-state index contributed by atoms with van der Waals surface area (Å²) < 4.78 is 38.7. The SMILES string of the molecule is C[C@@H]([NH2+]CC(=O)N1CCN(c2cccc(C(F)(F)F)c2)CC1)c1ccccc1. The molecule has 1 atom stereocenters. The summed E-state index contributed by atoms with van der Waals surface area (Å²) in [5.74, 6) is 0.0615. The van der Waals surface area contributed by atoms with E-state index < -0.39 is 11.7 Å². The largest absolute Gasteiger partial charge is 0.416 e. The minimum Gasteiger partial charge on any atom is -0.368 e. The number of rotatable bonds is 5. The number of benzene rings is 2. The summed E-state index contributed by atoms with van der Waals surface area (Å²) in [4.78, 5) is 16.2. The van der Waals surface area contributed by atoms with Gasteiger partial charge in [0, 0.05) is 37.4 Å². The number of nitrogens with two attached hydrogens (primary N) is 1. The summed E-state index contributed by atoms with van der Waals surface area (Å²) in [6.07, 6.45) is -4.35. The molecule has 7 heteroatoms. The highest BCUT2D eigenvalue weighted by Gasteiger charge is 2.31. The summed E-state index contributed by atoms with van der Waals surface area (Å²) in [5.41, 5.74) is 1.07. The molecule has 2 aromatic carbocycles. The van der Waals surface area contributed by atoms with Gasteiger partial charge in [-0.2, -0.15) is 13.2 Å². The van der Waals surface area contributed by atoms with Crippen LogP contribution in [0.1, 0.15) is 24.1 Å². The lowest BCUT2D eigenvalue weighted by atomic mass is 10.1. The Bertz CT molecular complexity index is 787. The smallest absolute Gasteiger partial charge is 0.368 e. The van der Waals surface area contributed by atoms with E-state index in [4.69, 9.17) is 0 Å². The number of hydrogen-bond donors (Lipinski definition) is 1. The Morgan fingerprint density at radius 3 is 2.36 bits per heavy atom. The molecule has 0 spiro atoms. The van der Waals surface area contributed by atoms with E-state index in [1.54, 1.807) is 11.0 Å². The standard InChI is InChI=1S/C21H24F3N3O/c1-16(17-6-3-2-4-7-17)25-15-20(28)27-12-10-26(11-13-27)19-9-5-8-18(14-19)21(22,23)24/h2-9,14,16,25H,10-13,15H2,1H3/p+1/t16-/m1/s1. The van der Waals surface area contributed by atoms with E-state index >= 15 is 0 Å². The fraction of sp³-hybridized carbons (Fsp3) is 0.381. The highest BCUT2D eigenvalue weighted by molar-refractivity contribution is 5.77. The molecule has 0 aliphatic carbocycles. The molecule has 1 heterocycles. The molecule has 0 aromatic heterocycles. The maximum atomic E-state index is 12.9. The topological polar surface area (TPSA) is 40.2 Å². The van der Waals surface area contributed by atoms with Crippen molar-refractivity contribution in [1.29, 1.82) is 0 Å². The van der Waals surface area contributed by atoms with Crippen LogP contribution in [0.4, 0.5) is 18.9 Å². The minimum absolute atomic E-state index is 0.0615. The highest BCUT2D eigenvalue weighted by Crippen LogP contribution is 2.31. The zero-order valence-corrected chi connectivity index (χ0v) is 15.8. The Hall–Kier alpha value is -2.54. The lowest BCUT2D eigenvalue weighted by molar-refractivity contribution is -0.683. The molecule has 1 amide bonds. The Morgan fingerprint density at radius 1 is 1.04 bits per heavy atom. The van der Waals surface area contributed by atoms with Crippen LogP contribution in [0.15, 0.2) is 54.6 Å². The number of alkyl halides is 3. The van der Waals surface area contributed by atoms with Crippen molar-refractivity contribution in [3.63, 3.8) is 0 Å². The lowest BCUT2D eigenvalue weighted by Crippen LogP contribution is -2.87. The van der Waals surface area contributed by atoms with Gasteiger partial charge in [-0.3, -0.25) is 4.79 Å². The molecule has 0 unspecified atom stereocenters. The van der Waals surface area contributed by atoms with Crippen molar-refractivity contribution < 1.29 is 23.3 Å². The van der Waals surface area contributed by atoms with Crippen molar-refractivity contribution in [3.8, 4) is 0 Å². The van der Waals surface area contributed by atoms with E-state index in [0.29, 0.717) is 38.4 Å². The molecule has 4 nitrogen and oxygen atoms in total. The van der Waals surface area contributed by atoms with Crippen molar-refractivity contribution in [2.24, 2.45) is 0 Å². The number of hydrogen-bond acceptors (Lipinski definition) is 2. The zero-order valence-electron chi connectivity index (χ0n) is 15.8. The van der Waals surface area contributed by atoms with Crippen molar-refractivity contribution in [1.82, 2.24) is 4.90 Å². The van der Waals surface area contributed by atoms with Crippen LogP contribution in [0.5, 0.6) is 0 Å². The van der Waals surface area contributed by atoms with Crippen LogP contribution >= 0.6 is 0 Å². The summed E-state index contributed by atoms with van der Waals surface area (Å²) in [6, 6.07) is 15.6. The van der Waals surface area contributed by atoms with Crippen LogP contribution in [-0.4, -0.2) is 43.5 Å². The van der Waals surface area contributed by atoms with E-state index in [2.05, 4.69) is 6.92 Å². The first-order chi connectivity index (χ1) is 13.3. The van der Waals surface area contributed by atoms with Crippen molar-refractivity contribution in [2.45, 2.75) is 19.1 Å². The van der Waals surface area contributed by atoms with E-state index in [0.717, 1.165) is 6.07 Å².